The summed E-state index contributed by atoms with van der Waals surface area (Å²) in [5.41, 5.74) is 7.01. The number of carbonyl (C=O) groups is 1. The van der Waals surface area contributed by atoms with Crippen molar-refractivity contribution in [2.24, 2.45) is 0 Å². The van der Waals surface area contributed by atoms with Crippen LogP contribution in [0.2, 0.25) is 0 Å². The van der Waals surface area contributed by atoms with E-state index in [9.17, 15) is 4.79 Å². The Bertz CT molecular complexity index is 1230. The van der Waals surface area contributed by atoms with Crippen molar-refractivity contribution >= 4 is 27.2 Å². The van der Waals surface area contributed by atoms with Crippen LogP contribution in [0.1, 0.15) is 30.5 Å². The van der Waals surface area contributed by atoms with Crippen LogP contribution in [0, 0.1) is 26.8 Å². The van der Waals surface area contributed by atoms with Gasteiger partial charge in [-0.2, -0.15) is 0 Å². The molecule has 0 saturated heterocycles. The maximum Gasteiger partial charge on any atom is 0.155 e. The van der Waals surface area contributed by atoms with E-state index in [0.717, 1.165) is 16.8 Å². The van der Waals surface area contributed by atoms with Gasteiger partial charge in [0.2, 0.25) is 0 Å². The minimum absolute atomic E-state index is 0. The zero-order valence-electron chi connectivity index (χ0n) is 18.8. The summed E-state index contributed by atoms with van der Waals surface area (Å²) in [6, 6.07) is 20.8. The largest absolute Gasteiger partial charge is 0.512 e. The van der Waals surface area contributed by atoms with E-state index in [0.29, 0.717) is 0 Å². The van der Waals surface area contributed by atoms with Crippen molar-refractivity contribution in [2.45, 2.75) is 34.6 Å². The Hall–Kier alpha value is -2.59. The van der Waals surface area contributed by atoms with Crippen molar-refractivity contribution in [1.82, 2.24) is 4.98 Å². The number of aromatic nitrogens is 1. The van der Waals surface area contributed by atoms with Gasteiger partial charge in [0.25, 0.3) is 0 Å². The number of aliphatic hydroxyl groups excluding tert-OH is 1. The van der Waals surface area contributed by atoms with Crippen LogP contribution in [0.25, 0.3) is 31.8 Å². The van der Waals surface area contributed by atoms with Gasteiger partial charge in [-0.05, 0) is 38.1 Å². The molecule has 167 valence electrons. The van der Waals surface area contributed by atoms with Gasteiger partial charge in [0.15, 0.2) is 5.78 Å². The molecule has 0 saturated carbocycles. The Morgan fingerprint density at radius 3 is 2.25 bits per heavy atom. The van der Waals surface area contributed by atoms with E-state index in [1.807, 2.05) is 17.5 Å². The Labute approximate surface area is 207 Å². The third-order valence-corrected chi connectivity index (χ3v) is 5.72. The standard InChI is InChI=1S/C22H18NS.C5H8O2.Ir/c1-14-4-6-17(7-5-14)21-11-19-13-23-20(12-22(19)24-21)18-9-15(2)8-16(3)10-18;1-4(6)3-5(2)7;/h4-9,11-13H,1-3H3;3,6H,1-2H3;/q-1;;/b;4-3-;. The molecule has 5 heteroatoms. The zero-order valence-corrected chi connectivity index (χ0v) is 22.0. The molecular weight excluding hydrogens is 595 g/mol. The molecule has 0 fully saturated rings. The summed E-state index contributed by atoms with van der Waals surface area (Å²) in [5.74, 6) is -0.0625. The van der Waals surface area contributed by atoms with Crippen molar-refractivity contribution in [2.75, 3.05) is 0 Å². The summed E-state index contributed by atoms with van der Waals surface area (Å²) in [4.78, 5) is 16.0. The Kier molecular flexibility index (Phi) is 9.09. The van der Waals surface area contributed by atoms with E-state index in [1.54, 1.807) is 0 Å². The van der Waals surface area contributed by atoms with Gasteiger partial charge < -0.3 is 10.1 Å². The molecule has 1 N–H and O–H groups in total. The normalized spacial score (nSPS) is 10.8. The number of hydrogen-bond donors (Lipinski definition) is 1. The molecule has 2 heterocycles. The number of hydrogen-bond acceptors (Lipinski definition) is 4. The number of rotatable bonds is 3. The summed E-state index contributed by atoms with van der Waals surface area (Å²) in [7, 11) is 0. The van der Waals surface area contributed by atoms with Gasteiger partial charge in [0.1, 0.15) is 0 Å². The molecule has 0 unspecified atom stereocenters. The third-order valence-electron chi connectivity index (χ3n) is 4.57. The molecule has 2 aromatic heterocycles. The van der Waals surface area contributed by atoms with Gasteiger partial charge in [-0.3, -0.25) is 4.79 Å². The smallest absolute Gasteiger partial charge is 0.155 e. The molecule has 3 nitrogen and oxygen atoms in total. The van der Waals surface area contributed by atoms with E-state index in [1.165, 1.54) is 51.6 Å². The summed E-state index contributed by atoms with van der Waals surface area (Å²) in [5, 5.41) is 9.56. The number of benzene rings is 2. The predicted octanol–water partition coefficient (Wildman–Crippen LogP) is 7.39. The number of fused-ring (bicyclic) bond motifs is 1. The van der Waals surface area contributed by atoms with Crippen LogP contribution in [0.5, 0.6) is 0 Å². The van der Waals surface area contributed by atoms with Crippen LogP contribution in [-0.2, 0) is 24.9 Å². The van der Waals surface area contributed by atoms with Crippen molar-refractivity contribution in [3.63, 3.8) is 0 Å². The fourth-order valence-corrected chi connectivity index (χ4v) is 4.35. The van der Waals surface area contributed by atoms with E-state index in [4.69, 9.17) is 5.11 Å². The molecule has 4 aromatic rings. The third kappa shape index (κ3) is 6.96. The number of pyridine rings is 1. The number of thiophene rings is 1. The van der Waals surface area contributed by atoms with Crippen LogP contribution in [0.15, 0.2) is 66.6 Å². The number of carbonyl (C=O) groups excluding carboxylic acids is 1. The first-order chi connectivity index (χ1) is 14.7. The Balaban J connectivity index is 0.000000398. The SMILES string of the molecule is CC(=O)/C=C(/C)O.Cc1[c-]c(-c2cc3sc(-c4ccc(C)cc4)cc3cn2)cc(C)c1.[Ir]. The first-order valence-electron chi connectivity index (χ1n) is 10.1. The fraction of sp³-hybridized carbons (Fsp3) is 0.185. The van der Waals surface area contributed by atoms with Crippen molar-refractivity contribution in [1.29, 1.82) is 0 Å². The van der Waals surface area contributed by atoms with Crippen molar-refractivity contribution < 1.29 is 30.0 Å². The minimum Gasteiger partial charge on any atom is -0.512 e. The quantitative estimate of drug-likeness (QED) is 0.148. The molecule has 0 aliphatic heterocycles. The monoisotopic (exact) mass is 621 g/mol. The van der Waals surface area contributed by atoms with E-state index >= 15 is 0 Å². The van der Waals surface area contributed by atoms with Gasteiger partial charge in [-0.1, -0.05) is 49.7 Å². The Morgan fingerprint density at radius 1 is 1.00 bits per heavy atom. The second-order valence-electron chi connectivity index (χ2n) is 7.73. The first-order valence-corrected chi connectivity index (χ1v) is 10.9. The number of allylic oxidation sites excluding steroid dienone is 2. The number of aryl methyl sites for hydroxylation is 3. The topological polar surface area (TPSA) is 50.2 Å². The molecule has 4 rings (SSSR count). The van der Waals surface area contributed by atoms with Gasteiger partial charge in [0.05, 0.1) is 5.76 Å². The van der Waals surface area contributed by atoms with E-state index < -0.39 is 0 Å². The summed E-state index contributed by atoms with van der Waals surface area (Å²) in [6.07, 6.45) is 3.14. The van der Waals surface area contributed by atoms with Gasteiger partial charge in [-0.25, -0.2) is 0 Å². The van der Waals surface area contributed by atoms with E-state index in [-0.39, 0.29) is 31.6 Å². The fourth-order valence-electron chi connectivity index (χ4n) is 3.27. The number of ketones is 1. The Morgan fingerprint density at radius 2 is 1.69 bits per heavy atom. The molecule has 0 spiro atoms. The minimum atomic E-state index is -0.125. The van der Waals surface area contributed by atoms with Crippen molar-refractivity contribution in [3.05, 3.63) is 89.3 Å². The number of nitrogens with zero attached hydrogens (tertiary/aromatic N) is 1. The zero-order chi connectivity index (χ0) is 22.5. The molecule has 0 aliphatic rings. The van der Waals surface area contributed by atoms with Gasteiger partial charge in [-0.15, -0.1) is 46.2 Å². The predicted molar refractivity (Wildman–Crippen MR) is 131 cm³/mol. The second kappa shape index (κ2) is 11.3. The van der Waals surface area contributed by atoms with Gasteiger partial charge in [0, 0.05) is 47.3 Å². The maximum absolute atomic E-state index is 10.0. The van der Waals surface area contributed by atoms with Crippen LogP contribution >= 0.6 is 11.3 Å². The molecule has 0 atom stereocenters. The van der Waals surface area contributed by atoms with Crippen LogP contribution < -0.4 is 0 Å². The number of aliphatic hydroxyl groups is 1. The molecule has 32 heavy (non-hydrogen) atoms. The molecule has 0 bridgehead atoms. The summed E-state index contributed by atoms with van der Waals surface area (Å²) >= 11 is 1.82. The van der Waals surface area contributed by atoms with E-state index in [2.05, 4.69) is 80.4 Å². The average molecular weight is 621 g/mol. The van der Waals surface area contributed by atoms with Crippen molar-refractivity contribution in [3.8, 4) is 21.7 Å². The molecule has 1 radical (unpaired) electrons. The summed E-state index contributed by atoms with van der Waals surface area (Å²) in [6.45, 7) is 9.16. The first kappa shape index (κ1) is 25.7. The maximum atomic E-state index is 10.0. The second-order valence-corrected chi connectivity index (χ2v) is 8.82. The van der Waals surface area contributed by atoms with Gasteiger partial charge >= 0.3 is 0 Å². The average Bonchev–Trinajstić information content (AvgIpc) is 3.10. The molecule has 2 aromatic carbocycles. The molecule has 0 amide bonds. The molecular formula is C27H26IrNO2S-. The van der Waals surface area contributed by atoms with Crippen LogP contribution in [-0.4, -0.2) is 15.9 Å². The van der Waals surface area contributed by atoms with Crippen LogP contribution in [0.3, 0.4) is 0 Å². The van der Waals surface area contributed by atoms with Crippen LogP contribution in [0.4, 0.5) is 0 Å². The summed E-state index contributed by atoms with van der Waals surface area (Å²) < 4.78 is 1.27. The molecule has 0 aliphatic carbocycles.